The summed E-state index contributed by atoms with van der Waals surface area (Å²) in [7, 11) is 0. The van der Waals surface area contributed by atoms with Crippen LogP contribution in [0.5, 0.6) is 0 Å². The van der Waals surface area contributed by atoms with Crippen molar-refractivity contribution < 1.29 is 4.79 Å². The van der Waals surface area contributed by atoms with Crippen molar-refractivity contribution in [2.24, 2.45) is 5.92 Å². The summed E-state index contributed by atoms with van der Waals surface area (Å²) in [5.41, 5.74) is 4.06. The van der Waals surface area contributed by atoms with E-state index >= 15 is 0 Å². The number of anilines is 1. The zero-order chi connectivity index (χ0) is 25.1. The van der Waals surface area contributed by atoms with Crippen molar-refractivity contribution in [3.05, 3.63) is 76.5 Å². The summed E-state index contributed by atoms with van der Waals surface area (Å²) < 4.78 is 3.29. The standard InChI is InChI=1S/C25H28ClN9O/c1-17-7-9-33(10-8-17)24-6-3-19(18(2)30-24)14-34-15-21(13-29-34)25(36)27-12-20-11-22(26)4-5-23(20)35-16-28-31-32-35/h3-6,11,13,15-17H,7-10,12,14H2,1-2H3,(H,27,36). The number of rotatable bonds is 7. The first-order valence-electron chi connectivity index (χ1n) is 12.0. The van der Waals surface area contributed by atoms with E-state index in [1.807, 2.05) is 13.0 Å². The summed E-state index contributed by atoms with van der Waals surface area (Å²) in [6, 6.07) is 9.54. The van der Waals surface area contributed by atoms with Crippen molar-refractivity contribution in [2.75, 3.05) is 18.0 Å². The van der Waals surface area contributed by atoms with E-state index in [4.69, 9.17) is 16.6 Å². The normalized spacial score (nSPS) is 14.2. The fourth-order valence-corrected chi connectivity index (χ4v) is 4.56. The molecule has 1 aliphatic heterocycles. The Labute approximate surface area is 214 Å². The van der Waals surface area contributed by atoms with Crippen molar-refractivity contribution in [3.63, 3.8) is 0 Å². The Bertz CT molecular complexity index is 1340. The van der Waals surface area contributed by atoms with Crippen molar-refractivity contribution in [3.8, 4) is 5.69 Å². The fourth-order valence-electron chi connectivity index (χ4n) is 4.37. The average Bonchev–Trinajstić information content (AvgIpc) is 3.57. The van der Waals surface area contributed by atoms with Gasteiger partial charge in [-0.25, -0.2) is 9.67 Å². The molecule has 0 saturated carbocycles. The molecule has 5 rings (SSSR count). The zero-order valence-corrected chi connectivity index (χ0v) is 21.1. The Kier molecular flexibility index (Phi) is 6.95. The van der Waals surface area contributed by atoms with Crippen molar-refractivity contribution >= 4 is 23.3 Å². The quantitative estimate of drug-likeness (QED) is 0.410. The minimum absolute atomic E-state index is 0.228. The predicted octanol–water partition coefficient (Wildman–Crippen LogP) is 3.43. The molecule has 1 amide bonds. The van der Waals surface area contributed by atoms with Crippen LogP contribution in [-0.2, 0) is 13.1 Å². The topological polar surface area (TPSA) is 107 Å². The van der Waals surface area contributed by atoms with Crippen LogP contribution in [0, 0.1) is 12.8 Å². The van der Waals surface area contributed by atoms with Crippen LogP contribution in [0.25, 0.3) is 5.69 Å². The van der Waals surface area contributed by atoms with Gasteiger partial charge in [-0.05, 0) is 71.5 Å². The molecule has 1 aromatic carbocycles. The molecule has 1 aliphatic rings. The Morgan fingerprint density at radius 3 is 2.75 bits per heavy atom. The van der Waals surface area contributed by atoms with E-state index in [-0.39, 0.29) is 12.5 Å². The maximum absolute atomic E-state index is 12.8. The lowest BCUT2D eigenvalue weighted by Gasteiger charge is -2.31. The maximum Gasteiger partial charge on any atom is 0.254 e. The Hall–Kier alpha value is -3.79. The summed E-state index contributed by atoms with van der Waals surface area (Å²) in [4.78, 5) is 20.0. The zero-order valence-electron chi connectivity index (χ0n) is 20.3. The number of aryl methyl sites for hydroxylation is 1. The van der Waals surface area contributed by atoms with Crippen LogP contribution >= 0.6 is 11.6 Å². The van der Waals surface area contributed by atoms with Gasteiger partial charge in [-0.2, -0.15) is 5.10 Å². The SMILES string of the molecule is Cc1nc(N2CCC(C)CC2)ccc1Cn1cc(C(=O)NCc2cc(Cl)ccc2-n2cnnn2)cn1. The molecule has 4 aromatic rings. The van der Waals surface area contributed by atoms with E-state index in [2.05, 4.69) is 49.9 Å². The second-order valence-electron chi connectivity index (χ2n) is 9.22. The van der Waals surface area contributed by atoms with Crippen molar-refractivity contribution in [2.45, 2.75) is 39.8 Å². The molecule has 0 radical (unpaired) electrons. The van der Waals surface area contributed by atoms with Gasteiger partial charge in [-0.1, -0.05) is 24.6 Å². The van der Waals surface area contributed by atoms with E-state index in [0.717, 1.165) is 47.3 Å². The van der Waals surface area contributed by atoms with Gasteiger partial charge in [0.05, 0.1) is 24.0 Å². The second-order valence-corrected chi connectivity index (χ2v) is 9.66. The first-order valence-corrected chi connectivity index (χ1v) is 12.4. The Morgan fingerprint density at radius 1 is 1.17 bits per heavy atom. The van der Waals surface area contributed by atoms with E-state index < -0.39 is 0 Å². The van der Waals surface area contributed by atoms with Gasteiger partial charge in [0.15, 0.2) is 0 Å². The first-order chi connectivity index (χ1) is 17.5. The highest BCUT2D eigenvalue weighted by molar-refractivity contribution is 6.30. The third-order valence-corrected chi connectivity index (χ3v) is 6.83. The number of benzene rings is 1. The minimum atomic E-state index is -0.228. The highest BCUT2D eigenvalue weighted by atomic mass is 35.5. The third-order valence-electron chi connectivity index (χ3n) is 6.59. The number of halogens is 1. The van der Waals surface area contributed by atoms with Gasteiger partial charge in [-0.15, -0.1) is 5.10 Å². The molecule has 1 saturated heterocycles. The molecule has 10 nitrogen and oxygen atoms in total. The van der Waals surface area contributed by atoms with Crippen LogP contribution in [0.3, 0.4) is 0 Å². The molecule has 0 aliphatic carbocycles. The second kappa shape index (κ2) is 10.4. The molecule has 0 atom stereocenters. The summed E-state index contributed by atoms with van der Waals surface area (Å²) in [6.45, 7) is 7.24. The van der Waals surface area contributed by atoms with Gasteiger partial charge in [0, 0.05) is 36.5 Å². The smallest absolute Gasteiger partial charge is 0.254 e. The maximum atomic E-state index is 12.8. The monoisotopic (exact) mass is 505 g/mol. The number of tetrazole rings is 1. The average molecular weight is 506 g/mol. The Morgan fingerprint density at radius 2 is 2.00 bits per heavy atom. The summed E-state index contributed by atoms with van der Waals surface area (Å²) >= 11 is 6.17. The van der Waals surface area contributed by atoms with Crippen LogP contribution in [0.2, 0.25) is 5.02 Å². The van der Waals surface area contributed by atoms with Crippen LogP contribution in [-0.4, -0.2) is 54.0 Å². The number of hydrogen-bond donors (Lipinski definition) is 1. The number of carbonyl (C=O) groups is 1. The summed E-state index contributed by atoms with van der Waals surface area (Å²) in [5, 5.41) is 19.2. The van der Waals surface area contributed by atoms with Crippen LogP contribution in [0.15, 0.2) is 49.1 Å². The Balaban J connectivity index is 1.22. The third kappa shape index (κ3) is 5.38. The summed E-state index contributed by atoms with van der Waals surface area (Å²) in [5.74, 6) is 1.59. The molecule has 0 bridgehead atoms. The number of piperidine rings is 1. The lowest BCUT2D eigenvalue weighted by molar-refractivity contribution is 0.0951. The number of nitrogens with zero attached hydrogens (tertiary/aromatic N) is 8. The number of carbonyl (C=O) groups excluding carboxylic acids is 1. The first kappa shape index (κ1) is 23.9. The molecule has 4 heterocycles. The van der Waals surface area contributed by atoms with Crippen LogP contribution in [0.1, 0.15) is 46.9 Å². The molecular weight excluding hydrogens is 478 g/mol. The number of hydrogen-bond acceptors (Lipinski definition) is 7. The van der Waals surface area contributed by atoms with E-state index in [9.17, 15) is 4.79 Å². The van der Waals surface area contributed by atoms with Gasteiger partial charge in [0.2, 0.25) is 0 Å². The molecule has 0 unspecified atom stereocenters. The lowest BCUT2D eigenvalue weighted by Crippen LogP contribution is -2.33. The van der Waals surface area contributed by atoms with Gasteiger partial charge in [-0.3, -0.25) is 9.48 Å². The molecule has 1 N–H and O–H groups in total. The molecule has 11 heteroatoms. The molecule has 3 aromatic heterocycles. The van der Waals surface area contributed by atoms with Gasteiger partial charge in [0.25, 0.3) is 5.91 Å². The minimum Gasteiger partial charge on any atom is -0.357 e. The van der Waals surface area contributed by atoms with Gasteiger partial charge in [0.1, 0.15) is 12.1 Å². The fraction of sp³-hybridized carbons (Fsp3) is 0.360. The highest BCUT2D eigenvalue weighted by Crippen LogP contribution is 2.23. The highest BCUT2D eigenvalue weighted by Gasteiger charge is 2.18. The molecule has 36 heavy (non-hydrogen) atoms. The van der Waals surface area contributed by atoms with Crippen molar-refractivity contribution in [1.29, 1.82) is 0 Å². The largest absolute Gasteiger partial charge is 0.357 e. The molecule has 186 valence electrons. The molecule has 1 fully saturated rings. The molecular formula is C25H28ClN9O. The van der Waals surface area contributed by atoms with Crippen molar-refractivity contribution in [1.82, 2.24) is 40.3 Å². The number of pyridine rings is 1. The number of amides is 1. The van der Waals surface area contributed by atoms with Gasteiger partial charge < -0.3 is 10.2 Å². The summed E-state index contributed by atoms with van der Waals surface area (Å²) in [6.07, 6.45) is 7.22. The van der Waals surface area contributed by atoms with Crippen LogP contribution < -0.4 is 10.2 Å². The number of nitrogens with one attached hydrogen (secondary N) is 1. The molecule has 0 spiro atoms. The predicted molar refractivity (Wildman–Crippen MR) is 136 cm³/mol. The van der Waals surface area contributed by atoms with E-state index in [1.165, 1.54) is 23.9 Å². The van der Waals surface area contributed by atoms with E-state index in [1.54, 1.807) is 29.2 Å². The number of aromatic nitrogens is 7. The van der Waals surface area contributed by atoms with E-state index in [0.29, 0.717) is 17.1 Å². The van der Waals surface area contributed by atoms with Gasteiger partial charge >= 0.3 is 0 Å². The lowest BCUT2D eigenvalue weighted by atomic mass is 9.99. The van der Waals surface area contributed by atoms with Crippen LogP contribution in [0.4, 0.5) is 5.82 Å².